The maximum atomic E-state index is 11.7. The third kappa shape index (κ3) is 2.98. The van der Waals surface area contributed by atoms with Gasteiger partial charge in [0.15, 0.2) is 18.2 Å². The van der Waals surface area contributed by atoms with Crippen molar-refractivity contribution in [2.75, 3.05) is 0 Å². The number of nitrogens with zero attached hydrogens (tertiary/aromatic N) is 2. The first kappa shape index (κ1) is 11.0. The van der Waals surface area contributed by atoms with E-state index in [1.54, 1.807) is 36.5 Å². The number of carbonyl (C=O) groups is 1. The lowest BCUT2D eigenvalue weighted by Crippen LogP contribution is -2.23. The van der Waals surface area contributed by atoms with E-state index in [-0.39, 0.29) is 5.78 Å². The molecule has 0 aliphatic heterocycles. The number of allylic oxidation sites excluding steroid dienone is 1. The molecule has 2 aromatic rings. The second kappa shape index (κ2) is 5.03. The van der Waals surface area contributed by atoms with Gasteiger partial charge in [-0.05, 0) is 23.8 Å². The van der Waals surface area contributed by atoms with Crippen LogP contribution in [-0.4, -0.2) is 10.8 Å². The van der Waals surface area contributed by atoms with Crippen LogP contribution >= 0.6 is 0 Å². The molecule has 0 bridgehead atoms. The van der Waals surface area contributed by atoms with Crippen LogP contribution in [0, 0.1) is 5.21 Å². The number of rotatable bonds is 3. The maximum Gasteiger partial charge on any atom is 0.187 e. The van der Waals surface area contributed by atoms with Gasteiger partial charge in [0, 0.05) is 30.1 Å². The molecule has 2 heterocycles. The van der Waals surface area contributed by atoms with Gasteiger partial charge in [0.2, 0.25) is 0 Å². The fourth-order valence-electron chi connectivity index (χ4n) is 1.31. The largest absolute Gasteiger partial charge is 0.619 e. The Balaban J connectivity index is 2.11. The molecule has 0 atom stereocenters. The molecule has 0 aromatic carbocycles. The van der Waals surface area contributed by atoms with Gasteiger partial charge in [-0.15, -0.1) is 0 Å². The van der Waals surface area contributed by atoms with Crippen molar-refractivity contribution < 1.29 is 9.52 Å². The van der Waals surface area contributed by atoms with Gasteiger partial charge in [0.1, 0.15) is 0 Å². The molecule has 0 saturated heterocycles. The molecule has 0 radical (unpaired) electrons. The third-order valence-corrected chi connectivity index (χ3v) is 2.20. The zero-order valence-electron chi connectivity index (χ0n) is 8.98. The molecule has 0 aliphatic rings. The molecule has 0 saturated carbocycles. The second-order valence-corrected chi connectivity index (χ2v) is 3.43. The molecule has 84 valence electrons. The number of ketones is 1. The lowest BCUT2D eigenvalue weighted by Gasteiger charge is -1.95. The third-order valence-electron chi connectivity index (χ3n) is 2.20. The van der Waals surface area contributed by atoms with E-state index in [2.05, 4.69) is 4.98 Å². The first-order valence-electron chi connectivity index (χ1n) is 5.07. The SMILES string of the molecule is O=C(/C=C/c1cc[n+]([O-])cc1)c1cccnc1. The lowest BCUT2D eigenvalue weighted by molar-refractivity contribution is -0.605. The maximum absolute atomic E-state index is 11.7. The summed E-state index contributed by atoms with van der Waals surface area (Å²) in [5.41, 5.74) is 1.34. The first-order chi connectivity index (χ1) is 8.25. The van der Waals surface area contributed by atoms with E-state index in [9.17, 15) is 10.0 Å². The Morgan fingerprint density at radius 2 is 2.06 bits per heavy atom. The number of hydrogen-bond acceptors (Lipinski definition) is 3. The van der Waals surface area contributed by atoms with Crippen molar-refractivity contribution in [3.05, 3.63) is 71.5 Å². The highest BCUT2D eigenvalue weighted by molar-refractivity contribution is 6.06. The fraction of sp³-hybridized carbons (Fsp3) is 0. The van der Waals surface area contributed by atoms with Crippen LogP contribution in [0.25, 0.3) is 6.08 Å². The Labute approximate surface area is 98.5 Å². The predicted molar refractivity (Wildman–Crippen MR) is 63.0 cm³/mol. The molecule has 0 amide bonds. The van der Waals surface area contributed by atoms with Gasteiger partial charge >= 0.3 is 0 Å². The van der Waals surface area contributed by atoms with Crippen molar-refractivity contribution in [2.45, 2.75) is 0 Å². The zero-order chi connectivity index (χ0) is 12.1. The van der Waals surface area contributed by atoms with Crippen LogP contribution in [0.3, 0.4) is 0 Å². The van der Waals surface area contributed by atoms with Crippen molar-refractivity contribution >= 4 is 11.9 Å². The van der Waals surface area contributed by atoms with Crippen molar-refractivity contribution in [3.8, 4) is 0 Å². The summed E-state index contributed by atoms with van der Waals surface area (Å²) >= 11 is 0. The van der Waals surface area contributed by atoms with E-state index in [1.165, 1.54) is 24.7 Å². The number of carbonyl (C=O) groups excluding carboxylic acids is 1. The van der Waals surface area contributed by atoms with E-state index in [0.29, 0.717) is 10.3 Å². The van der Waals surface area contributed by atoms with Crippen molar-refractivity contribution in [1.29, 1.82) is 0 Å². The van der Waals surface area contributed by atoms with Gasteiger partial charge < -0.3 is 5.21 Å². The Bertz CT molecular complexity index is 533. The van der Waals surface area contributed by atoms with Crippen LogP contribution in [0.1, 0.15) is 15.9 Å². The van der Waals surface area contributed by atoms with Gasteiger partial charge in [-0.1, -0.05) is 6.08 Å². The summed E-state index contributed by atoms with van der Waals surface area (Å²) < 4.78 is 0.695. The molecule has 2 rings (SSSR count). The zero-order valence-corrected chi connectivity index (χ0v) is 8.98. The summed E-state index contributed by atoms with van der Waals surface area (Å²) in [4.78, 5) is 15.6. The average molecular weight is 226 g/mol. The first-order valence-corrected chi connectivity index (χ1v) is 5.07. The molecule has 4 heteroatoms. The highest BCUT2D eigenvalue weighted by Gasteiger charge is 2.00. The normalized spacial score (nSPS) is 10.6. The van der Waals surface area contributed by atoms with Gasteiger partial charge in [-0.25, -0.2) is 0 Å². The summed E-state index contributed by atoms with van der Waals surface area (Å²) in [5.74, 6) is -0.114. The molecule has 0 unspecified atom stereocenters. The topological polar surface area (TPSA) is 56.9 Å². The van der Waals surface area contributed by atoms with Crippen LogP contribution in [0.4, 0.5) is 0 Å². The highest BCUT2D eigenvalue weighted by Crippen LogP contribution is 2.03. The van der Waals surface area contributed by atoms with Gasteiger partial charge in [0.05, 0.1) is 0 Å². The van der Waals surface area contributed by atoms with Crippen molar-refractivity contribution in [2.24, 2.45) is 0 Å². The second-order valence-electron chi connectivity index (χ2n) is 3.43. The van der Waals surface area contributed by atoms with Crippen LogP contribution in [0.15, 0.2) is 55.1 Å². The van der Waals surface area contributed by atoms with Crippen LogP contribution in [0.2, 0.25) is 0 Å². The summed E-state index contributed by atoms with van der Waals surface area (Å²) in [6.45, 7) is 0. The molecule has 0 N–H and O–H groups in total. The van der Waals surface area contributed by atoms with E-state index in [1.807, 2.05) is 0 Å². The summed E-state index contributed by atoms with van der Waals surface area (Å²) in [6, 6.07) is 6.69. The number of aromatic nitrogens is 2. The molecule has 0 aliphatic carbocycles. The molecular formula is C13H10N2O2. The summed E-state index contributed by atoms with van der Waals surface area (Å²) in [7, 11) is 0. The molecule has 4 nitrogen and oxygen atoms in total. The van der Waals surface area contributed by atoms with Crippen LogP contribution < -0.4 is 4.73 Å². The predicted octanol–water partition coefficient (Wildman–Crippen LogP) is 1.61. The quantitative estimate of drug-likeness (QED) is 0.346. The molecule has 0 spiro atoms. The molecule has 17 heavy (non-hydrogen) atoms. The minimum Gasteiger partial charge on any atom is -0.619 e. The van der Waals surface area contributed by atoms with E-state index < -0.39 is 0 Å². The van der Waals surface area contributed by atoms with Crippen LogP contribution in [-0.2, 0) is 0 Å². The molecular weight excluding hydrogens is 216 g/mol. The summed E-state index contributed by atoms with van der Waals surface area (Å²) in [6.07, 6.45) is 9.02. The highest BCUT2D eigenvalue weighted by atomic mass is 16.5. The number of pyridine rings is 2. The van der Waals surface area contributed by atoms with Crippen molar-refractivity contribution in [1.82, 2.24) is 4.98 Å². The lowest BCUT2D eigenvalue weighted by atomic mass is 10.1. The molecule has 0 fully saturated rings. The van der Waals surface area contributed by atoms with E-state index in [4.69, 9.17) is 0 Å². The van der Waals surface area contributed by atoms with E-state index in [0.717, 1.165) is 5.56 Å². The Morgan fingerprint density at radius 1 is 1.29 bits per heavy atom. The van der Waals surface area contributed by atoms with E-state index >= 15 is 0 Å². The van der Waals surface area contributed by atoms with Gasteiger partial charge in [0.25, 0.3) is 0 Å². The smallest absolute Gasteiger partial charge is 0.187 e. The Hall–Kier alpha value is -2.49. The van der Waals surface area contributed by atoms with Gasteiger partial charge in [-0.3, -0.25) is 9.78 Å². The minimum atomic E-state index is -0.114. The van der Waals surface area contributed by atoms with Crippen molar-refractivity contribution in [3.63, 3.8) is 0 Å². The minimum absolute atomic E-state index is 0.114. The molecule has 2 aromatic heterocycles. The Morgan fingerprint density at radius 3 is 2.71 bits per heavy atom. The Kier molecular flexibility index (Phi) is 3.25. The fourth-order valence-corrected chi connectivity index (χ4v) is 1.31. The number of hydrogen-bond donors (Lipinski definition) is 0. The van der Waals surface area contributed by atoms with Crippen LogP contribution in [0.5, 0.6) is 0 Å². The summed E-state index contributed by atoms with van der Waals surface area (Å²) in [5, 5.41) is 10.8. The monoisotopic (exact) mass is 226 g/mol. The standard InChI is InChI=1S/C13H10N2O2/c16-13(12-2-1-7-14-10-12)4-3-11-5-8-15(17)9-6-11/h1-10H/b4-3+. The average Bonchev–Trinajstić information content (AvgIpc) is 2.39. The van der Waals surface area contributed by atoms with Gasteiger partial charge in [-0.2, -0.15) is 4.73 Å².